The average molecular weight is 345 g/mol. The highest BCUT2D eigenvalue weighted by atomic mass is 16.5. The molecule has 0 saturated carbocycles. The van der Waals surface area contributed by atoms with E-state index in [0.29, 0.717) is 29.7 Å². The van der Waals surface area contributed by atoms with Crippen molar-refractivity contribution < 1.29 is 14.3 Å². The lowest BCUT2D eigenvalue weighted by molar-refractivity contribution is 0.0997. The van der Waals surface area contributed by atoms with Gasteiger partial charge in [-0.1, -0.05) is 13.8 Å². The van der Waals surface area contributed by atoms with Gasteiger partial charge in [-0.25, -0.2) is 4.98 Å². The van der Waals surface area contributed by atoms with Crippen molar-refractivity contribution in [1.82, 2.24) is 9.97 Å². The Kier molecular flexibility index (Phi) is 5.63. The standard InChI is InChI=1S/C17H23N5O3/c1-5-20-17-21-8-14(15(18)22-17)25-13-7-11(16(19)23)12(24-4)6-10(13)9(2)3/h6-9H,5H2,1-4H3,(H2,19,23)(H3,18,20,21,22). The van der Waals surface area contributed by atoms with Crippen molar-refractivity contribution in [2.24, 2.45) is 5.73 Å². The number of nitrogens with one attached hydrogen (secondary N) is 1. The van der Waals surface area contributed by atoms with Crippen molar-refractivity contribution >= 4 is 17.7 Å². The van der Waals surface area contributed by atoms with Crippen LogP contribution in [0.3, 0.4) is 0 Å². The Balaban J connectivity index is 2.47. The molecular weight excluding hydrogens is 322 g/mol. The fourth-order valence-electron chi connectivity index (χ4n) is 2.30. The van der Waals surface area contributed by atoms with E-state index in [9.17, 15) is 4.79 Å². The van der Waals surface area contributed by atoms with Gasteiger partial charge in [0.2, 0.25) is 5.95 Å². The molecule has 0 unspecified atom stereocenters. The summed E-state index contributed by atoms with van der Waals surface area (Å²) in [5.41, 5.74) is 12.4. The summed E-state index contributed by atoms with van der Waals surface area (Å²) in [7, 11) is 1.48. The number of carbonyl (C=O) groups is 1. The zero-order chi connectivity index (χ0) is 18.6. The smallest absolute Gasteiger partial charge is 0.252 e. The number of nitrogen functional groups attached to an aromatic ring is 1. The monoisotopic (exact) mass is 345 g/mol. The lowest BCUT2D eigenvalue weighted by Gasteiger charge is -2.17. The normalized spacial score (nSPS) is 10.6. The van der Waals surface area contributed by atoms with E-state index in [-0.39, 0.29) is 17.3 Å². The van der Waals surface area contributed by atoms with Gasteiger partial charge in [-0.15, -0.1) is 0 Å². The highest BCUT2D eigenvalue weighted by Crippen LogP contribution is 2.37. The molecule has 1 amide bonds. The third-order valence-corrected chi connectivity index (χ3v) is 3.56. The maximum atomic E-state index is 11.7. The first kappa shape index (κ1) is 18.3. The van der Waals surface area contributed by atoms with E-state index in [1.165, 1.54) is 13.3 Å². The fraction of sp³-hybridized carbons (Fsp3) is 0.353. The number of methoxy groups -OCH3 is 1. The van der Waals surface area contributed by atoms with Crippen LogP contribution in [-0.2, 0) is 0 Å². The zero-order valence-electron chi connectivity index (χ0n) is 14.8. The number of benzene rings is 1. The Morgan fingerprint density at radius 3 is 2.52 bits per heavy atom. The van der Waals surface area contributed by atoms with E-state index >= 15 is 0 Å². The van der Waals surface area contributed by atoms with Crippen molar-refractivity contribution in [3.8, 4) is 17.2 Å². The molecule has 0 atom stereocenters. The largest absolute Gasteiger partial charge is 0.496 e. The van der Waals surface area contributed by atoms with E-state index in [2.05, 4.69) is 15.3 Å². The summed E-state index contributed by atoms with van der Waals surface area (Å²) in [6.07, 6.45) is 1.48. The van der Waals surface area contributed by atoms with E-state index in [1.807, 2.05) is 20.8 Å². The highest BCUT2D eigenvalue weighted by Gasteiger charge is 2.19. The predicted molar refractivity (Wildman–Crippen MR) is 96.3 cm³/mol. The van der Waals surface area contributed by atoms with E-state index < -0.39 is 5.91 Å². The van der Waals surface area contributed by atoms with Crippen molar-refractivity contribution in [2.45, 2.75) is 26.7 Å². The van der Waals surface area contributed by atoms with Gasteiger partial charge in [0.15, 0.2) is 11.6 Å². The summed E-state index contributed by atoms with van der Waals surface area (Å²) >= 11 is 0. The first-order valence-electron chi connectivity index (χ1n) is 7.93. The van der Waals surface area contributed by atoms with Crippen LogP contribution in [0.25, 0.3) is 0 Å². The van der Waals surface area contributed by atoms with Crippen LogP contribution in [0.1, 0.15) is 42.6 Å². The Morgan fingerprint density at radius 2 is 2.00 bits per heavy atom. The molecule has 0 spiro atoms. The number of primary amides is 1. The minimum atomic E-state index is -0.608. The van der Waals surface area contributed by atoms with Gasteiger partial charge in [0, 0.05) is 12.1 Å². The molecule has 2 rings (SSSR count). The molecule has 0 aliphatic rings. The molecule has 134 valence electrons. The molecule has 0 saturated heterocycles. The number of anilines is 2. The lowest BCUT2D eigenvalue weighted by atomic mass is 9.99. The summed E-state index contributed by atoms with van der Waals surface area (Å²) in [6, 6.07) is 3.29. The number of rotatable bonds is 7. The second-order valence-corrected chi connectivity index (χ2v) is 5.68. The second-order valence-electron chi connectivity index (χ2n) is 5.68. The van der Waals surface area contributed by atoms with Crippen LogP contribution in [0.5, 0.6) is 17.2 Å². The molecule has 0 aliphatic heterocycles. The van der Waals surface area contributed by atoms with Gasteiger partial charge in [0.1, 0.15) is 11.5 Å². The molecular formula is C17H23N5O3. The topological polar surface area (TPSA) is 125 Å². The number of hydrogen-bond acceptors (Lipinski definition) is 7. The van der Waals surface area contributed by atoms with Gasteiger partial charge in [0.05, 0.1) is 18.9 Å². The quantitative estimate of drug-likeness (QED) is 0.704. The minimum absolute atomic E-state index is 0.119. The molecule has 0 bridgehead atoms. The van der Waals surface area contributed by atoms with Crippen LogP contribution in [0, 0.1) is 0 Å². The molecule has 0 radical (unpaired) electrons. The number of aromatic nitrogens is 2. The number of nitrogens with zero attached hydrogens (tertiary/aromatic N) is 2. The van der Waals surface area contributed by atoms with Crippen molar-refractivity contribution in [3.05, 3.63) is 29.5 Å². The minimum Gasteiger partial charge on any atom is -0.496 e. The number of carbonyl (C=O) groups excluding carboxylic acids is 1. The van der Waals surface area contributed by atoms with Crippen LogP contribution in [0.2, 0.25) is 0 Å². The maximum Gasteiger partial charge on any atom is 0.252 e. The van der Waals surface area contributed by atoms with Crippen LogP contribution >= 0.6 is 0 Å². The van der Waals surface area contributed by atoms with Gasteiger partial charge in [0.25, 0.3) is 5.91 Å². The van der Waals surface area contributed by atoms with Crippen LogP contribution in [0.15, 0.2) is 18.3 Å². The average Bonchev–Trinajstić information content (AvgIpc) is 2.56. The lowest BCUT2D eigenvalue weighted by Crippen LogP contribution is -2.13. The number of amides is 1. The molecule has 25 heavy (non-hydrogen) atoms. The molecule has 1 aromatic carbocycles. The molecule has 8 nitrogen and oxygen atoms in total. The number of ether oxygens (including phenoxy) is 2. The van der Waals surface area contributed by atoms with Crippen molar-refractivity contribution in [2.75, 3.05) is 24.7 Å². The van der Waals surface area contributed by atoms with Gasteiger partial charge in [-0.05, 0) is 25.0 Å². The Labute approximate surface area is 146 Å². The first-order valence-corrected chi connectivity index (χ1v) is 7.93. The van der Waals surface area contributed by atoms with Crippen molar-refractivity contribution in [1.29, 1.82) is 0 Å². The molecule has 0 aliphatic carbocycles. The molecule has 8 heteroatoms. The summed E-state index contributed by atoms with van der Waals surface area (Å²) in [6.45, 7) is 6.61. The van der Waals surface area contributed by atoms with Crippen LogP contribution < -0.4 is 26.3 Å². The van der Waals surface area contributed by atoms with Gasteiger partial charge >= 0.3 is 0 Å². The van der Waals surface area contributed by atoms with E-state index in [0.717, 1.165) is 5.56 Å². The molecule has 0 fully saturated rings. The highest BCUT2D eigenvalue weighted by molar-refractivity contribution is 5.96. The SMILES string of the molecule is CCNc1ncc(Oc2cc(C(N)=O)c(OC)cc2C(C)C)c(N)n1. The zero-order valence-corrected chi connectivity index (χ0v) is 14.8. The summed E-state index contributed by atoms with van der Waals surface area (Å²) < 4.78 is 11.1. The van der Waals surface area contributed by atoms with E-state index in [4.69, 9.17) is 20.9 Å². The molecule has 5 N–H and O–H groups in total. The predicted octanol–water partition coefficient (Wildman–Crippen LogP) is 2.51. The van der Waals surface area contributed by atoms with E-state index in [1.54, 1.807) is 12.1 Å². The van der Waals surface area contributed by atoms with Crippen molar-refractivity contribution in [3.63, 3.8) is 0 Å². The summed E-state index contributed by atoms with van der Waals surface area (Å²) in [4.78, 5) is 20.0. The van der Waals surface area contributed by atoms with Gasteiger partial charge in [-0.2, -0.15) is 4.98 Å². The van der Waals surface area contributed by atoms with Crippen LogP contribution in [0.4, 0.5) is 11.8 Å². The Hall–Kier alpha value is -3.03. The molecule has 1 aromatic heterocycles. The third-order valence-electron chi connectivity index (χ3n) is 3.56. The first-order chi connectivity index (χ1) is 11.9. The third kappa shape index (κ3) is 4.09. The number of nitrogens with two attached hydrogens (primary N) is 2. The second kappa shape index (κ2) is 7.69. The maximum absolute atomic E-state index is 11.7. The fourth-order valence-corrected chi connectivity index (χ4v) is 2.30. The van der Waals surface area contributed by atoms with Gasteiger partial charge in [-0.3, -0.25) is 4.79 Å². The van der Waals surface area contributed by atoms with Gasteiger partial charge < -0.3 is 26.3 Å². The summed E-state index contributed by atoms with van der Waals surface area (Å²) in [5.74, 6) is 1.27. The molecule has 2 aromatic rings. The summed E-state index contributed by atoms with van der Waals surface area (Å²) in [5, 5.41) is 2.97. The Bertz CT molecular complexity index is 777. The van der Waals surface area contributed by atoms with Crippen LogP contribution in [-0.4, -0.2) is 29.5 Å². The molecule has 1 heterocycles. The number of hydrogen-bond donors (Lipinski definition) is 3. The Morgan fingerprint density at radius 1 is 1.28 bits per heavy atom.